The number of thioether (sulfide) groups is 1. The van der Waals surface area contributed by atoms with E-state index < -0.39 is 0 Å². The summed E-state index contributed by atoms with van der Waals surface area (Å²) in [6.07, 6.45) is 7.77. The molecule has 122 valence electrons. The number of nitrogens with one attached hydrogen (secondary N) is 2. The zero-order valence-electron chi connectivity index (χ0n) is 13.0. The van der Waals surface area contributed by atoms with Crippen LogP contribution in [0.5, 0.6) is 0 Å². The van der Waals surface area contributed by atoms with Crippen molar-refractivity contribution in [3.05, 3.63) is 18.2 Å². The van der Waals surface area contributed by atoms with Crippen molar-refractivity contribution in [2.24, 2.45) is 7.05 Å². The Morgan fingerprint density at radius 3 is 3.18 bits per heavy atom. The van der Waals surface area contributed by atoms with Gasteiger partial charge < -0.3 is 19.9 Å². The number of imidazole rings is 1. The van der Waals surface area contributed by atoms with Gasteiger partial charge >= 0.3 is 6.03 Å². The molecule has 22 heavy (non-hydrogen) atoms. The first kappa shape index (κ1) is 15.7. The molecule has 0 aromatic carbocycles. The molecule has 3 atom stereocenters. The van der Waals surface area contributed by atoms with Crippen molar-refractivity contribution in [2.75, 3.05) is 18.9 Å². The second kappa shape index (κ2) is 7.37. The summed E-state index contributed by atoms with van der Waals surface area (Å²) in [6.45, 7) is 1.43. The van der Waals surface area contributed by atoms with E-state index in [-0.39, 0.29) is 18.2 Å². The second-order valence-corrected chi connectivity index (χ2v) is 7.41. The minimum atomic E-state index is -0.0526. The van der Waals surface area contributed by atoms with E-state index in [9.17, 15) is 4.79 Å². The first-order valence-corrected chi connectivity index (χ1v) is 9.01. The number of carbonyl (C=O) groups is 1. The third-order valence-electron chi connectivity index (χ3n) is 4.32. The molecule has 0 bridgehead atoms. The minimum absolute atomic E-state index is 0.0111. The molecular weight excluding hydrogens is 300 g/mol. The molecule has 2 aliphatic rings. The van der Waals surface area contributed by atoms with Gasteiger partial charge in [0.2, 0.25) is 0 Å². The van der Waals surface area contributed by atoms with E-state index in [2.05, 4.69) is 15.6 Å². The molecule has 0 radical (unpaired) electrons. The highest BCUT2D eigenvalue weighted by atomic mass is 32.2. The highest BCUT2D eigenvalue weighted by molar-refractivity contribution is 8.00. The van der Waals surface area contributed by atoms with Crippen LogP contribution in [0.15, 0.2) is 12.5 Å². The Kier molecular flexibility index (Phi) is 5.25. The number of aryl methyl sites for hydroxylation is 1. The summed E-state index contributed by atoms with van der Waals surface area (Å²) in [6, 6.07) is 0.105. The van der Waals surface area contributed by atoms with Crippen molar-refractivity contribution in [1.82, 2.24) is 20.2 Å². The molecular formula is C15H24N4O2S. The van der Waals surface area contributed by atoms with E-state index in [0.29, 0.717) is 11.9 Å². The van der Waals surface area contributed by atoms with Crippen molar-refractivity contribution >= 4 is 17.8 Å². The van der Waals surface area contributed by atoms with E-state index in [4.69, 9.17) is 4.74 Å². The molecule has 2 fully saturated rings. The maximum atomic E-state index is 12.0. The van der Waals surface area contributed by atoms with E-state index in [1.54, 1.807) is 6.33 Å². The van der Waals surface area contributed by atoms with Gasteiger partial charge in [0.15, 0.2) is 0 Å². The van der Waals surface area contributed by atoms with E-state index in [1.165, 1.54) is 18.6 Å². The van der Waals surface area contributed by atoms with Gasteiger partial charge in [-0.1, -0.05) is 0 Å². The Hall–Kier alpha value is -1.21. The average Bonchev–Trinajstić information content (AvgIpc) is 3.16. The van der Waals surface area contributed by atoms with E-state index in [0.717, 1.165) is 25.1 Å². The zero-order valence-corrected chi connectivity index (χ0v) is 13.8. The van der Waals surface area contributed by atoms with Gasteiger partial charge in [-0.2, -0.15) is 11.8 Å². The number of amides is 2. The van der Waals surface area contributed by atoms with Crippen LogP contribution in [0.1, 0.15) is 37.5 Å². The van der Waals surface area contributed by atoms with Gasteiger partial charge in [0.05, 0.1) is 18.2 Å². The van der Waals surface area contributed by atoms with Crippen LogP contribution in [0.4, 0.5) is 4.79 Å². The summed E-state index contributed by atoms with van der Waals surface area (Å²) < 4.78 is 7.80. The fraction of sp³-hybridized carbons (Fsp3) is 0.733. The maximum absolute atomic E-state index is 12.0. The molecule has 2 amide bonds. The Balaban J connectivity index is 1.45. The number of hydrogen-bond donors (Lipinski definition) is 2. The number of aromatic nitrogens is 2. The highest BCUT2D eigenvalue weighted by Gasteiger charge is 2.27. The quantitative estimate of drug-likeness (QED) is 0.887. The van der Waals surface area contributed by atoms with Crippen LogP contribution in [-0.4, -0.2) is 45.8 Å². The lowest BCUT2D eigenvalue weighted by Crippen LogP contribution is -2.46. The SMILES string of the molecule is Cn1cncc1[C@@H]1C[C@@H](NC(=O)NC[C@@H]2CCCS2)CCO1. The lowest BCUT2D eigenvalue weighted by Gasteiger charge is -2.30. The van der Waals surface area contributed by atoms with Crippen LogP contribution in [0.3, 0.4) is 0 Å². The number of rotatable bonds is 4. The van der Waals surface area contributed by atoms with Gasteiger partial charge in [0, 0.05) is 31.5 Å². The highest BCUT2D eigenvalue weighted by Crippen LogP contribution is 2.27. The normalized spacial score (nSPS) is 28.5. The second-order valence-electron chi connectivity index (χ2n) is 6.00. The van der Waals surface area contributed by atoms with Crippen molar-refractivity contribution in [3.8, 4) is 0 Å². The summed E-state index contributed by atoms with van der Waals surface area (Å²) >= 11 is 1.96. The minimum Gasteiger partial charge on any atom is -0.372 e. The maximum Gasteiger partial charge on any atom is 0.315 e. The summed E-state index contributed by atoms with van der Waals surface area (Å²) in [7, 11) is 1.97. The Labute approximate surface area is 135 Å². The monoisotopic (exact) mass is 324 g/mol. The third kappa shape index (κ3) is 3.95. The number of ether oxygens (including phenoxy) is 1. The molecule has 0 aliphatic carbocycles. The van der Waals surface area contributed by atoms with Crippen molar-refractivity contribution in [1.29, 1.82) is 0 Å². The fourth-order valence-corrected chi connectivity index (χ4v) is 4.26. The van der Waals surface area contributed by atoms with Gasteiger partial charge in [0.25, 0.3) is 0 Å². The summed E-state index contributed by atoms with van der Waals surface area (Å²) in [5.41, 5.74) is 1.06. The summed E-state index contributed by atoms with van der Waals surface area (Å²) in [4.78, 5) is 16.2. The summed E-state index contributed by atoms with van der Waals surface area (Å²) in [5.74, 6) is 1.22. The van der Waals surface area contributed by atoms with Crippen LogP contribution in [0.2, 0.25) is 0 Å². The predicted molar refractivity (Wildman–Crippen MR) is 86.9 cm³/mol. The molecule has 3 heterocycles. The number of carbonyl (C=O) groups excluding carboxylic acids is 1. The third-order valence-corrected chi connectivity index (χ3v) is 5.72. The number of hydrogen-bond acceptors (Lipinski definition) is 4. The first-order chi connectivity index (χ1) is 10.7. The van der Waals surface area contributed by atoms with Crippen LogP contribution in [0, 0.1) is 0 Å². The van der Waals surface area contributed by atoms with Crippen LogP contribution in [-0.2, 0) is 11.8 Å². The van der Waals surface area contributed by atoms with Gasteiger partial charge in [0.1, 0.15) is 6.10 Å². The van der Waals surface area contributed by atoms with E-state index >= 15 is 0 Å². The van der Waals surface area contributed by atoms with Gasteiger partial charge in [-0.05, 0) is 31.4 Å². The van der Waals surface area contributed by atoms with Crippen molar-refractivity contribution < 1.29 is 9.53 Å². The van der Waals surface area contributed by atoms with E-state index in [1.807, 2.05) is 29.6 Å². The molecule has 3 rings (SSSR count). The number of nitrogens with zero attached hydrogens (tertiary/aromatic N) is 2. The van der Waals surface area contributed by atoms with Gasteiger partial charge in [-0.3, -0.25) is 0 Å². The molecule has 0 unspecified atom stereocenters. The van der Waals surface area contributed by atoms with Crippen LogP contribution in [0.25, 0.3) is 0 Å². The molecule has 1 aromatic heterocycles. The van der Waals surface area contributed by atoms with Crippen LogP contribution < -0.4 is 10.6 Å². The Bertz CT molecular complexity index is 501. The molecule has 2 N–H and O–H groups in total. The lowest BCUT2D eigenvalue weighted by molar-refractivity contribution is -0.00177. The average molecular weight is 324 g/mol. The standard InChI is InChI=1S/C15H24N4O2S/c1-19-10-16-9-13(19)14-7-11(4-5-21-14)18-15(20)17-8-12-3-2-6-22-12/h9-12,14H,2-8H2,1H3,(H2,17,18,20)/t11-,12-,14-/m0/s1. The molecule has 0 spiro atoms. The lowest BCUT2D eigenvalue weighted by atomic mass is 10.0. The topological polar surface area (TPSA) is 68.2 Å². The first-order valence-electron chi connectivity index (χ1n) is 7.96. The summed E-state index contributed by atoms with van der Waals surface area (Å²) in [5, 5.41) is 6.67. The molecule has 0 saturated carbocycles. The molecule has 7 heteroatoms. The van der Waals surface area contributed by atoms with Crippen LogP contribution >= 0.6 is 11.8 Å². The van der Waals surface area contributed by atoms with Gasteiger partial charge in [-0.15, -0.1) is 0 Å². The zero-order chi connectivity index (χ0) is 15.4. The Morgan fingerprint density at radius 1 is 1.55 bits per heavy atom. The fourth-order valence-electron chi connectivity index (χ4n) is 3.06. The Morgan fingerprint density at radius 2 is 2.45 bits per heavy atom. The van der Waals surface area contributed by atoms with Crippen molar-refractivity contribution in [3.63, 3.8) is 0 Å². The molecule has 2 saturated heterocycles. The van der Waals surface area contributed by atoms with Crippen molar-refractivity contribution in [2.45, 2.75) is 43.1 Å². The molecule has 2 aliphatic heterocycles. The largest absolute Gasteiger partial charge is 0.372 e. The predicted octanol–water partition coefficient (Wildman–Crippen LogP) is 1.83. The number of urea groups is 1. The van der Waals surface area contributed by atoms with Gasteiger partial charge in [-0.25, -0.2) is 9.78 Å². The smallest absolute Gasteiger partial charge is 0.315 e. The molecule has 1 aromatic rings. The molecule has 6 nitrogen and oxygen atoms in total.